The smallest absolute Gasteiger partial charge is 0.317 e. The summed E-state index contributed by atoms with van der Waals surface area (Å²) in [5.74, 6) is 0. The van der Waals surface area contributed by atoms with E-state index in [1.54, 1.807) is 0 Å². The number of rotatable bonds is 3. The Morgan fingerprint density at radius 1 is 1.50 bits per heavy atom. The Labute approximate surface area is 113 Å². The third kappa shape index (κ3) is 2.78. The third-order valence-electron chi connectivity index (χ3n) is 3.30. The van der Waals surface area contributed by atoms with E-state index in [-0.39, 0.29) is 12.1 Å². The maximum atomic E-state index is 12.1. The maximum Gasteiger partial charge on any atom is 0.317 e. The van der Waals surface area contributed by atoms with Gasteiger partial charge in [-0.3, -0.25) is 0 Å². The van der Waals surface area contributed by atoms with Crippen LogP contribution < -0.4 is 5.32 Å². The number of likely N-dealkylation sites (tertiary alicyclic amines) is 1. The number of nitrogens with zero attached hydrogens (tertiary/aromatic N) is 1. The van der Waals surface area contributed by atoms with Crippen LogP contribution in [0.1, 0.15) is 37.8 Å². The van der Waals surface area contributed by atoms with Gasteiger partial charge in [-0.2, -0.15) is 0 Å². The van der Waals surface area contributed by atoms with Gasteiger partial charge in [-0.25, -0.2) is 4.79 Å². The number of hydrogen-bond donors (Lipinski definition) is 1. The molecule has 3 nitrogen and oxygen atoms in total. The normalized spacial score (nSPS) is 19.0. The van der Waals surface area contributed by atoms with Crippen molar-refractivity contribution in [2.45, 2.75) is 32.2 Å². The van der Waals surface area contributed by atoms with Gasteiger partial charge in [0.2, 0.25) is 0 Å². The molecule has 1 aliphatic heterocycles. The molecule has 0 aromatic heterocycles. The van der Waals surface area contributed by atoms with Crippen LogP contribution in [0.5, 0.6) is 0 Å². The number of amides is 2. The molecule has 0 unspecified atom stereocenters. The van der Waals surface area contributed by atoms with Gasteiger partial charge in [-0.1, -0.05) is 36.7 Å². The summed E-state index contributed by atoms with van der Waals surface area (Å²) in [6, 6.07) is 7.94. The highest BCUT2D eigenvalue weighted by Crippen LogP contribution is 2.35. The summed E-state index contributed by atoms with van der Waals surface area (Å²) in [5, 5.41) is 3.69. The zero-order valence-corrected chi connectivity index (χ0v) is 11.4. The van der Waals surface area contributed by atoms with Crippen molar-refractivity contribution in [2.24, 2.45) is 0 Å². The number of carbonyl (C=O) groups excluding carboxylic acids is 1. The molecular formula is C14H19ClN2O. The molecule has 0 radical (unpaired) electrons. The predicted molar refractivity (Wildman–Crippen MR) is 73.8 cm³/mol. The minimum atomic E-state index is 0.0271. The lowest BCUT2D eigenvalue weighted by Gasteiger charge is -2.26. The molecule has 1 aromatic rings. The standard InChI is InChI=1S/C14H19ClN2O/c1-2-9-16-14(18)17-10-5-8-13(17)11-6-3-4-7-12(11)15/h3-4,6-7,13H,2,5,8-10H2,1H3,(H,16,18)/t13-/m0/s1. The van der Waals surface area contributed by atoms with E-state index in [0.29, 0.717) is 0 Å². The lowest BCUT2D eigenvalue weighted by atomic mass is 10.0. The first-order chi connectivity index (χ1) is 8.74. The summed E-state index contributed by atoms with van der Waals surface area (Å²) >= 11 is 6.22. The van der Waals surface area contributed by atoms with Gasteiger partial charge in [-0.15, -0.1) is 0 Å². The summed E-state index contributed by atoms with van der Waals surface area (Å²) in [4.78, 5) is 14.0. The fourth-order valence-corrected chi connectivity index (χ4v) is 2.67. The quantitative estimate of drug-likeness (QED) is 0.891. The molecule has 1 heterocycles. The average molecular weight is 267 g/mol. The van der Waals surface area contributed by atoms with Gasteiger partial charge >= 0.3 is 6.03 Å². The highest BCUT2D eigenvalue weighted by molar-refractivity contribution is 6.31. The van der Waals surface area contributed by atoms with Crippen LogP contribution in [0, 0.1) is 0 Å². The summed E-state index contributed by atoms with van der Waals surface area (Å²) in [6.45, 7) is 3.59. The van der Waals surface area contributed by atoms with Crippen LogP contribution in [0.15, 0.2) is 24.3 Å². The fraction of sp³-hybridized carbons (Fsp3) is 0.500. The Morgan fingerprint density at radius 2 is 2.28 bits per heavy atom. The number of halogens is 1. The van der Waals surface area contributed by atoms with Crippen LogP contribution in [0.4, 0.5) is 4.79 Å². The van der Waals surface area contributed by atoms with Crippen molar-refractivity contribution < 1.29 is 4.79 Å². The van der Waals surface area contributed by atoms with Crippen LogP contribution in [-0.4, -0.2) is 24.0 Å². The molecule has 0 aliphatic carbocycles. The molecule has 1 saturated heterocycles. The molecule has 98 valence electrons. The average Bonchev–Trinajstić information content (AvgIpc) is 2.85. The first-order valence-electron chi connectivity index (χ1n) is 6.53. The maximum absolute atomic E-state index is 12.1. The molecule has 0 bridgehead atoms. The second-order valence-electron chi connectivity index (χ2n) is 4.60. The SMILES string of the molecule is CCCNC(=O)N1CCC[C@H]1c1ccccc1Cl. The lowest BCUT2D eigenvalue weighted by Crippen LogP contribution is -2.39. The van der Waals surface area contributed by atoms with Crippen LogP contribution >= 0.6 is 11.6 Å². The molecule has 0 saturated carbocycles. The first kappa shape index (κ1) is 13.2. The summed E-state index contributed by atoms with van der Waals surface area (Å²) < 4.78 is 0. The minimum absolute atomic E-state index is 0.0271. The van der Waals surface area contributed by atoms with Crippen molar-refractivity contribution >= 4 is 17.6 Å². The Kier molecular flexibility index (Phi) is 4.48. The number of benzene rings is 1. The Bertz CT molecular complexity index is 422. The molecule has 0 spiro atoms. The van der Waals surface area contributed by atoms with E-state index in [2.05, 4.69) is 12.2 Å². The minimum Gasteiger partial charge on any atom is -0.338 e. The van der Waals surface area contributed by atoms with E-state index in [0.717, 1.165) is 42.9 Å². The first-order valence-corrected chi connectivity index (χ1v) is 6.90. The number of carbonyl (C=O) groups is 1. The third-order valence-corrected chi connectivity index (χ3v) is 3.65. The van der Waals surface area contributed by atoms with Gasteiger partial charge in [0.05, 0.1) is 6.04 Å². The zero-order valence-electron chi connectivity index (χ0n) is 10.7. The number of nitrogens with one attached hydrogen (secondary N) is 1. The van der Waals surface area contributed by atoms with Gasteiger partial charge in [0.25, 0.3) is 0 Å². The van der Waals surface area contributed by atoms with Crippen molar-refractivity contribution in [3.05, 3.63) is 34.9 Å². The molecule has 1 atom stereocenters. The molecule has 4 heteroatoms. The Morgan fingerprint density at radius 3 is 3.00 bits per heavy atom. The van der Waals surface area contributed by atoms with Crippen LogP contribution in [0.25, 0.3) is 0 Å². The molecule has 1 aliphatic rings. The molecule has 18 heavy (non-hydrogen) atoms. The van der Waals surface area contributed by atoms with E-state index in [9.17, 15) is 4.79 Å². The molecule has 2 rings (SSSR count). The largest absolute Gasteiger partial charge is 0.338 e. The van der Waals surface area contributed by atoms with Crippen LogP contribution in [0.3, 0.4) is 0 Å². The van der Waals surface area contributed by atoms with Crippen molar-refractivity contribution in [1.82, 2.24) is 10.2 Å². The van der Waals surface area contributed by atoms with Gasteiger partial charge in [0.15, 0.2) is 0 Å². The van der Waals surface area contributed by atoms with Gasteiger partial charge < -0.3 is 10.2 Å². The molecule has 1 N–H and O–H groups in total. The molecule has 2 amide bonds. The summed E-state index contributed by atoms with van der Waals surface area (Å²) in [7, 11) is 0. The van der Waals surface area contributed by atoms with Crippen molar-refractivity contribution in [3.63, 3.8) is 0 Å². The fourth-order valence-electron chi connectivity index (χ4n) is 2.41. The predicted octanol–water partition coefficient (Wildman–Crippen LogP) is 3.60. The number of hydrogen-bond acceptors (Lipinski definition) is 1. The second kappa shape index (κ2) is 6.10. The van der Waals surface area contributed by atoms with Gasteiger partial charge in [-0.05, 0) is 30.9 Å². The van der Waals surface area contributed by atoms with Crippen molar-refractivity contribution in [2.75, 3.05) is 13.1 Å². The Balaban J connectivity index is 2.12. The van der Waals surface area contributed by atoms with Crippen LogP contribution in [0.2, 0.25) is 5.02 Å². The molecule has 1 fully saturated rings. The molecular weight excluding hydrogens is 248 g/mol. The van der Waals surface area contributed by atoms with Crippen LogP contribution in [-0.2, 0) is 0 Å². The van der Waals surface area contributed by atoms with E-state index in [1.807, 2.05) is 29.2 Å². The zero-order chi connectivity index (χ0) is 13.0. The highest BCUT2D eigenvalue weighted by atomic mass is 35.5. The second-order valence-corrected chi connectivity index (χ2v) is 5.01. The van der Waals surface area contributed by atoms with Crippen molar-refractivity contribution in [3.8, 4) is 0 Å². The topological polar surface area (TPSA) is 32.3 Å². The van der Waals surface area contributed by atoms with E-state index in [1.165, 1.54) is 0 Å². The van der Waals surface area contributed by atoms with E-state index < -0.39 is 0 Å². The lowest BCUT2D eigenvalue weighted by molar-refractivity contribution is 0.193. The van der Waals surface area contributed by atoms with E-state index >= 15 is 0 Å². The van der Waals surface area contributed by atoms with Gasteiger partial charge in [0.1, 0.15) is 0 Å². The van der Waals surface area contributed by atoms with E-state index in [4.69, 9.17) is 11.6 Å². The number of urea groups is 1. The van der Waals surface area contributed by atoms with Crippen molar-refractivity contribution in [1.29, 1.82) is 0 Å². The summed E-state index contributed by atoms with van der Waals surface area (Å²) in [6.07, 6.45) is 2.98. The monoisotopic (exact) mass is 266 g/mol. The highest BCUT2D eigenvalue weighted by Gasteiger charge is 2.30. The van der Waals surface area contributed by atoms with Gasteiger partial charge in [0, 0.05) is 18.1 Å². The summed E-state index contributed by atoms with van der Waals surface area (Å²) in [5.41, 5.74) is 1.06. The molecule has 1 aromatic carbocycles. The Hall–Kier alpha value is -1.22.